The highest BCUT2D eigenvalue weighted by molar-refractivity contribution is 6.31. The van der Waals surface area contributed by atoms with Crippen LogP contribution in [0.5, 0.6) is 0 Å². The third-order valence-corrected chi connectivity index (χ3v) is 3.67. The molecule has 0 saturated carbocycles. The van der Waals surface area contributed by atoms with Crippen LogP contribution in [-0.4, -0.2) is 11.2 Å². The summed E-state index contributed by atoms with van der Waals surface area (Å²) in [6.45, 7) is 0. The molecule has 0 fully saturated rings. The minimum Gasteiger partial charge on any atom is -0.354 e. The van der Waals surface area contributed by atoms with Crippen molar-refractivity contribution < 1.29 is 22.5 Å². The molecule has 1 aromatic heterocycles. The highest BCUT2D eigenvalue weighted by Gasteiger charge is 2.33. The van der Waals surface area contributed by atoms with Crippen molar-refractivity contribution in [3.8, 4) is 11.3 Å². The molecule has 5 nitrogen and oxygen atoms in total. The molecular weight excluding hydrogens is 371 g/mol. The highest BCUT2D eigenvalue weighted by atomic mass is 35.5. The highest BCUT2D eigenvalue weighted by Crippen LogP contribution is 2.36. The zero-order valence-corrected chi connectivity index (χ0v) is 13.7. The molecule has 0 saturated heterocycles. The molecular formula is C17H11ClF3N3O2. The van der Waals surface area contributed by atoms with Gasteiger partial charge in [0.25, 0.3) is 0 Å². The molecule has 0 aliphatic heterocycles. The molecule has 134 valence electrons. The van der Waals surface area contributed by atoms with Crippen molar-refractivity contribution in [2.45, 2.75) is 6.18 Å². The topological polar surface area (TPSA) is 67.2 Å². The lowest BCUT2D eigenvalue weighted by Gasteiger charge is -2.11. The molecule has 0 spiro atoms. The minimum atomic E-state index is -4.62. The molecule has 9 heteroatoms. The molecule has 0 bridgehead atoms. The monoisotopic (exact) mass is 381 g/mol. The molecule has 0 aliphatic rings. The summed E-state index contributed by atoms with van der Waals surface area (Å²) in [5.41, 5.74) is -0.336. The lowest BCUT2D eigenvalue weighted by Crippen LogP contribution is -2.20. The molecule has 3 rings (SSSR count). The lowest BCUT2D eigenvalue weighted by molar-refractivity contribution is -0.137. The first kappa shape index (κ1) is 17.8. The maximum Gasteiger partial charge on any atom is 0.417 e. The first-order chi connectivity index (χ1) is 12.3. The van der Waals surface area contributed by atoms with Crippen LogP contribution in [0.1, 0.15) is 5.56 Å². The summed E-state index contributed by atoms with van der Waals surface area (Å²) in [5.74, 6) is 0.554. The number of halogens is 4. The van der Waals surface area contributed by atoms with Crippen LogP contribution in [0.25, 0.3) is 11.3 Å². The predicted molar refractivity (Wildman–Crippen MR) is 91.0 cm³/mol. The average Bonchev–Trinajstić information content (AvgIpc) is 3.05. The fourth-order valence-corrected chi connectivity index (χ4v) is 2.40. The zero-order chi connectivity index (χ0) is 18.7. The number of amides is 2. The standard InChI is InChI=1S/C17H11ClF3N3O2/c18-13-7-6-11(8-12(13)17(19,20)21)22-16(25)23-15-9-14(26-24-15)10-4-2-1-3-5-10/h1-9H,(H2,22,23,24,25). The summed E-state index contributed by atoms with van der Waals surface area (Å²) in [5, 5.41) is 7.92. The van der Waals surface area contributed by atoms with E-state index in [0.717, 1.165) is 17.7 Å². The number of nitrogens with zero attached hydrogens (tertiary/aromatic N) is 1. The molecule has 2 N–H and O–H groups in total. The van der Waals surface area contributed by atoms with Crippen molar-refractivity contribution in [3.05, 3.63) is 65.2 Å². The Morgan fingerprint density at radius 3 is 2.46 bits per heavy atom. The lowest BCUT2D eigenvalue weighted by atomic mass is 10.2. The van der Waals surface area contributed by atoms with Crippen LogP contribution in [0, 0.1) is 0 Å². The molecule has 0 atom stereocenters. The Morgan fingerprint density at radius 1 is 1.04 bits per heavy atom. The SMILES string of the molecule is O=C(Nc1ccc(Cl)c(C(F)(F)F)c1)Nc1cc(-c2ccccc2)on1. The van der Waals surface area contributed by atoms with Gasteiger partial charge in [0, 0.05) is 17.3 Å². The van der Waals surface area contributed by atoms with E-state index in [-0.39, 0.29) is 11.5 Å². The molecule has 0 aliphatic carbocycles. The van der Waals surface area contributed by atoms with Gasteiger partial charge in [-0.05, 0) is 18.2 Å². The first-order valence-electron chi connectivity index (χ1n) is 7.30. The number of carbonyl (C=O) groups excluding carboxylic acids is 1. The summed E-state index contributed by atoms with van der Waals surface area (Å²) < 4.78 is 43.6. The third-order valence-electron chi connectivity index (χ3n) is 3.34. The minimum absolute atomic E-state index is 0.0639. The Labute approximate surface area is 150 Å². The smallest absolute Gasteiger partial charge is 0.354 e. The van der Waals surface area contributed by atoms with Crippen LogP contribution >= 0.6 is 11.6 Å². The van der Waals surface area contributed by atoms with Crippen LogP contribution in [0.3, 0.4) is 0 Å². The molecule has 3 aromatic rings. The van der Waals surface area contributed by atoms with Crippen molar-refractivity contribution in [1.29, 1.82) is 0 Å². The van der Waals surface area contributed by atoms with Gasteiger partial charge in [-0.25, -0.2) is 4.79 Å². The van der Waals surface area contributed by atoms with Crippen molar-refractivity contribution in [3.63, 3.8) is 0 Å². The molecule has 0 unspecified atom stereocenters. The number of alkyl halides is 3. The first-order valence-corrected chi connectivity index (χ1v) is 7.67. The zero-order valence-electron chi connectivity index (χ0n) is 13.0. The van der Waals surface area contributed by atoms with Gasteiger partial charge in [-0.3, -0.25) is 5.32 Å². The van der Waals surface area contributed by atoms with Gasteiger partial charge in [-0.2, -0.15) is 13.2 Å². The summed E-state index contributed by atoms with van der Waals surface area (Å²) in [6, 6.07) is 12.9. The van der Waals surface area contributed by atoms with Gasteiger partial charge in [0.2, 0.25) is 0 Å². The number of hydrogen-bond acceptors (Lipinski definition) is 3. The maximum atomic E-state index is 12.8. The summed E-state index contributed by atoms with van der Waals surface area (Å²) >= 11 is 5.54. The molecule has 1 heterocycles. The molecule has 26 heavy (non-hydrogen) atoms. The number of anilines is 2. The van der Waals surface area contributed by atoms with Crippen LogP contribution in [0.15, 0.2) is 59.1 Å². The number of nitrogens with one attached hydrogen (secondary N) is 2. The largest absolute Gasteiger partial charge is 0.417 e. The summed E-state index contributed by atoms with van der Waals surface area (Å²) in [7, 11) is 0. The van der Waals surface area contributed by atoms with E-state index < -0.39 is 22.8 Å². The normalized spacial score (nSPS) is 11.2. The second-order valence-electron chi connectivity index (χ2n) is 5.21. The second kappa shape index (κ2) is 7.09. The van der Waals surface area contributed by atoms with Crippen molar-refractivity contribution in [2.75, 3.05) is 10.6 Å². The van der Waals surface area contributed by atoms with Crippen molar-refractivity contribution >= 4 is 29.1 Å². The van der Waals surface area contributed by atoms with Crippen molar-refractivity contribution in [2.24, 2.45) is 0 Å². The molecule has 2 amide bonds. The molecule has 0 radical (unpaired) electrons. The number of rotatable bonds is 3. The Morgan fingerprint density at radius 2 is 1.77 bits per heavy atom. The van der Waals surface area contributed by atoms with Gasteiger partial charge in [-0.1, -0.05) is 47.1 Å². The van der Waals surface area contributed by atoms with Crippen LogP contribution in [0.2, 0.25) is 5.02 Å². The Hall–Kier alpha value is -3.00. The van der Waals surface area contributed by atoms with E-state index >= 15 is 0 Å². The fraction of sp³-hybridized carbons (Fsp3) is 0.0588. The maximum absolute atomic E-state index is 12.8. The van der Waals surface area contributed by atoms with E-state index in [1.54, 1.807) is 12.1 Å². The van der Waals surface area contributed by atoms with Gasteiger partial charge in [-0.15, -0.1) is 0 Å². The van der Waals surface area contributed by atoms with Gasteiger partial charge in [0.05, 0.1) is 10.6 Å². The predicted octanol–water partition coefficient (Wildman–Crippen LogP) is 5.66. The van der Waals surface area contributed by atoms with Crippen LogP contribution in [-0.2, 0) is 6.18 Å². The number of hydrogen-bond donors (Lipinski definition) is 2. The van der Waals surface area contributed by atoms with Crippen molar-refractivity contribution in [1.82, 2.24) is 5.16 Å². The number of urea groups is 1. The Kier molecular flexibility index (Phi) is 4.85. The van der Waals surface area contributed by atoms with E-state index in [0.29, 0.717) is 5.76 Å². The average molecular weight is 382 g/mol. The third kappa shape index (κ3) is 4.15. The van der Waals surface area contributed by atoms with E-state index in [2.05, 4.69) is 15.8 Å². The Bertz CT molecular complexity index is 927. The second-order valence-corrected chi connectivity index (χ2v) is 5.62. The van der Waals surface area contributed by atoms with E-state index in [1.165, 1.54) is 12.1 Å². The molecule has 2 aromatic carbocycles. The van der Waals surface area contributed by atoms with Gasteiger partial charge < -0.3 is 9.84 Å². The fourth-order valence-electron chi connectivity index (χ4n) is 2.17. The van der Waals surface area contributed by atoms with Crippen LogP contribution in [0.4, 0.5) is 29.5 Å². The quantitative estimate of drug-likeness (QED) is 0.615. The number of aromatic nitrogens is 1. The van der Waals surface area contributed by atoms with Gasteiger partial charge in [0.1, 0.15) is 0 Å². The Balaban J connectivity index is 1.69. The summed E-state index contributed by atoms with van der Waals surface area (Å²) in [6.07, 6.45) is -4.62. The van der Waals surface area contributed by atoms with E-state index in [4.69, 9.17) is 16.1 Å². The summed E-state index contributed by atoms with van der Waals surface area (Å²) in [4.78, 5) is 12.0. The van der Waals surface area contributed by atoms with Crippen LogP contribution < -0.4 is 10.6 Å². The number of benzene rings is 2. The van der Waals surface area contributed by atoms with E-state index in [9.17, 15) is 18.0 Å². The van der Waals surface area contributed by atoms with Gasteiger partial charge in [0.15, 0.2) is 11.6 Å². The van der Waals surface area contributed by atoms with E-state index in [1.807, 2.05) is 18.2 Å². The van der Waals surface area contributed by atoms with Gasteiger partial charge >= 0.3 is 12.2 Å². The number of carbonyl (C=O) groups is 1.